The van der Waals surface area contributed by atoms with E-state index in [1.807, 2.05) is 13.8 Å². The Morgan fingerprint density at radius 1 is 1.33 bits per heavy atom. The highest BCUT2D eigenvalue weighted by Gasteiger charge is 2.33. The standard InChI is InChI=1S/C5H5F3N2.C2H6/c1-10-3-2-4(9-10)5(6,7)8;1-2/h2-3H,1H3;1-2H3. The molecule has 0 amide bonds. The van der Waals surface area contributed by atoms with Gasteiger partial charge < -0.3 is 0 Å². The van der Waals surface area contributed by atoms with Crippen molar-refractivity contribution >= 4 is 0 Å². The Hall–Kier alpha value is -1.00. The average molecular weight is 180 g/mol. The third-order valence-electron chi connectivity index (χ3n) is 1.00. The minimum atomic E-state index is -4.32. The van der Waals surface area contributed by atoms with E-state index in [0.29, 0.717) is 0 Å². The lowest BCUT2D eigenvalue weighted by atomic mass is 10.4. The smallest absolute Gasteiger partial charge is 0.275 e. The Kier molecular flexibility index (Phi) is 3.79. The number of aromatic nitrogens is 2. The van der Waals surface area contributed by atoms with E-state index in [1.165, 1.54) is 13.2 Å². The molecule has 0 saturated heterocycles. The number of rotatable bonds is 0. The first-order valence-corrected chi connectivity index (χ1v) is 3.57. The quantitative estimate of drug-likeness (QED) is 0.599. The van der Waals surface area contributed by atoms with Gasteiger partial charge in [-0.3, -0.25) is 4.68 Å². The van der Waals surface area contributed by atoms with E-state index >= 15 is 0 Å². The van der Waals surface area contributed by atoms with E-state index in [1.54, 1.807) is 0 Å². The van der Waals surface area contributed by atoms with E-state index in [4.69, 9.17) is 0 Å². The first kappa shape index (κ1) is 11.0. The molecule has 0 aliphatic heterocycles. The maximum atomic E-state index is 11.7. The Bertz CT molecular complexity index is 227. The van der Waals surface area contributed by atoms with E-state index in [-0.39, 0.29) is 0 Å². The normalized spacial score (nSPS) is 10.5. The summed E-state index contributed by atoms with van der Waals surface area (Å²) in [5.74, 6) is 0. The van der Waals surface area contributed by atoms with Gasteiger partial charge in [-0.2, -0.15) is 18.3 Å². The SMILES string of the molecule is CC.Cn1ccc(C(F)(F)F)n1. The van der Waals surface area contributed by atoms with Crippen LogP contribution in [0.1, 0.15) is 19.5 Å². The summed E-state index contributed by atoms with van der Waals surface area (Å²) in [6, 6.07) is 0.931. The van der Waals surface area contributed by atoms with Gasteiger partial charge in [-0.1, -0.05) is 13.8 Å². The largest absolute Gasteiger partial charge is 0.435 e. The molecule has 0 fully saturated rings. The molecular formula is C7H11F3N2. The highest BCUT2D eigenvalue weighted by molar-refractivity contribution is 5.02. The number of halogens is 3. The zero-order valence-electron chi connectivity index (χ0n) is 7.18. The highest BCUT2D eigenvalue weighted by atomic mass is 19.4. The monoisotopic (exact) mass is 180 g/mol. The third kappa shape index (κ3) is 2.94. The van der Waals surface area contributed by atoms with Gasteiger partial charge in [0, 0.05) is 13.2 Å². The third-order valence-corrected chi connectivity index (χ3v) is 1.00. The van der Waals surface area contributed by atoms with Crippen molar-refractivity contribution < 1.29 is 13.2 Å². The fraction of sp³-hybridized carbons (Fsp3) is 0.571. The Labute approximate surface area is 69.0 Å². The van der Waals surface area contributed by atoms with Crippen LogP contribution in [0.4, 0.5) is 13.2 Å². The van der Waals surface area contributed by atoms with Crippen molar-refractivity contribution in [3.8, 4) is 0 Å². The first-order chi connectivity index (χ1) is 5.50. The Morgan fingerprint density at radius 2 is 1.83 bits per heavy atom. The lowest BCUT2D eigenvalue weighted by Gasteiger charge is -1.99. The van der Waals surface area contributed by atoms with Gasteiger partial charge >= 0.3 is 6.18 Å². The molecule has 0 saturated carbocycles. The van der Waals surface area contributed by atoms with Crippen molar-refractivity contribution in [2.75, 3.05) is 0 Å². The van der Waals surface area contributed by atoms with Gasteiger partial charge in [0.15, 0.2) is 5.69 Å². The number of hydrogen-bond donors (Lipinski definition) is 0. The van der Waals surface area contributed by atoms with Crippen LogP contribution in [-0.4, -0.2) is 9.78 Å². The summed E-state index contributed by atoms with van der Waals surface area (Å²) in [4.78, 5) is 0. The molecule has 70 valence electrons. The molecule has 1 heterocycles. The number of nitrogens with zero attached hydrogens (tertiary/aromatic N) is 2. The lowest BCUT2D eigenvalue weighted by molar-refractivity contribution is -0.141. The van der Waals surface area contributed by atoms with Gasteiger partial charge in [-0.25, -0.2) is 0 Å². The molecule has 0 unspecified atom stereocenters. The molecule has 5 heteroatoms. The Balaban J connectivity index is 0.000000561. The molecule has 1 aromatic heterocycles. The fourth-order valence-electron chi connectivity index (χ4n) is 0.566. The molecule has 1 aromatic rings. The van der Waals surface area contributed by atoms with Crippen LogP contribution in [0.2, 0.25) is 0 Å². The fourth-order valence-corrected chi connectivity index (χ4v) is 0.566. The van der Waals surface area contributed by atoms with Gasteiger partial charge in [0.1, 0.15) is 0 Å². The second kappa shape index (κ2) is 4.13. The number of hydrogen-bond acceptors (Lipinski definition) is 1. The predicted octanol–water partition coefficient (Wildman–Crippen LogP) is 2.47. The molecule has 0 aliphatic rings. The summed E-state index contributed by atoms with van der Waals surface area (Å²) < 4.78 is 36.3. The topological polar surface area (TPSA) is 17.8 Å². The van der Waals surface area contributed by atoms with Crippen LogP contribution in [0.15, 0.2) is 12.3 Å². The lowest BCUT2D eigenvalue weighted by Crippen LogP contribution is -2.06. The van der Waals surface area contributed by atoms with Crippen LogP contribution < -0.4 is 0 Å². The molecule has 2 nitrogen and oxygen atoms in total. The second-order valence-corrected chi connectivity index (χ2v) is 1.87. The zero-order chi connectivity index (χ0) is 9.78. The molecule has 0 aliphatic carbocycles. The molecule has 0 spiro atoms. The first-order valence-electron chi connectivity index (χ1n) is 3.57. The minimum Gasteiger partial charge on any atom is -0.275 e. The van der Waals surface area contributed by atoms with Crippen molar-refractivity contribution in [2.45, 2.75) is 20.0 Å². The van der Waals surface area contributed by atoms with Crippen LogP contribution in [-0.2, 0) is 13.2 Å². The van der Waals surface area contributed by atoms with Crippen LogP contribution in [0.3, 0.4) is 0 Å². The van der Waals surface area contributed by atoms with Crippen LogP contribution in [0, 0.1) is 0 Å². The van der Waals surface area contributed by atoms with Gasteiger partial charge in [0.05, 0.1) is 0 Å². The second-order valence-electron chi connectivity index (χ2n) is 1.87. The van der Waals surface area contributed by atoms with Crippen LogP contribution >= 0.6 is 0 Å². The van der Waals surface area contributed by atoms with E-state index in [2.05, 4.69) is 5.10 Å². The van der Waals surface area contributed by atoms with Crippen LogP contribution in [0.5, 0.6) is 0 Å². The molecule has 0 aromatic carbocycles. The molecular weight excluding hydrogens is 169 g/mol. The van der Waals surface area contributed by atoms with E-state index < -0.39 is 11.9 Å². The van der Waals surface area contributed by atoms with Crippen molar-refractivity contribution in [1.82, 2.24) is 9.78 Å². The summed E-state index contributed by atoms with van der Waals surface area (Å²) in [6.45, 7) is 4.00. The molecule has 0 atom stereocenters. The summed E-state index contributed by atoms with van der Waals surface area (Å²) >= 11 is 0. The van der Waals surface area contributed by atoms with Crippen molar-refractivity contribution in [3.63, 3.8) is 0 Å². The summed E-state index contributed by atoms with van der Waals surface area (Å²) in [5.41, 5.74) is -0.852. The van der Waals surface area contributed by atoms with Gasteiger partial charge in [-0.15, -0.1) is 0 Å². The van der Waals surface area contributed by atoms with Gasteiger partial charge in [0.2, 0.25) is 0 Å². The van der Waals surface area contributed by atoms with Crippen molar-refractivity contribution in [2.24, 2.45) is 7.05 Å². The van der Waals surface area contributed by atoms with Crippen LogP contribution in [0.25, 0.3) is 0 Å². The minimum absolute atomic E-state index is 0.852. The summed E-state index contributed by atoms with van der Waals surface area (Å²) in [6.07, 6.45) is -3.07. The predicted molar refractivity (Wildman–Crippen MR) is 39.6 cm³/mol. The van der Waals surface area contributed by atoms with Gasteiger partial charge in [0.25, 0.3) is 0 Å². The Morgan fingerprint density at radius 3 is 2.00 bits per heavy atom. The molecule has 0 N–H and O–H groups in total. The highest BCUT2D eigenvalue weighted by Crippen LogP contribution is 2.26. The van der Waals surface area contributed by atoms with Gasteiger partial charge in [-0.05, 0) is 6.07 Å². The number of alkyl halides is 3. The molecule has 0 radical (unpaired) electrons. The van der Waals surface area contributed by atoms with Crippen molar-refractivity contribution in [3.05, 3.63) is 18.0 Å². The molecule has 1 rings (SSSR count). The van der Waals surface area contributed by atoms with E-state index in [0.717, 1.165) is 10.7 Å². The maximum Gasteiger partial charge on any atom is 0.435 e. The maximum absolute atomic E-state index is 11.7. The number of aryl methyl sites for hydroxylation is 1. The average Bonchev–Trinajstić information content (AvgIpc) is 2.39. The van der Waals surface area contributed by atoms with Crippen molar-refractivity contribution in [1.29, 1.82) is 0 Å². The molecule has 12 heavy (non-hydrogen) atoms. The summed E-state index contributed by atoms with van der Waals surface area (Å²) in [7, 11) is 1.44. The zero-order valence-corrected chi connectivity index (χ0v) is 7.18. The van der Waals surface area contributed by atoms with E-state index in [9.17, 15) is 13.2 Å². The summed E-state index contributed by atoms with van der Waals surface area (Å²) in [5, 5.41) is 3.17. The molecule has 0 bridgehead atoms.